The molecular weight excluding hydrogens is 732 g/mol. The largest absolute Gasteiger partial charge is 0.462 e. The molecule has 1 N–H and O–H groups in total. The maximum Gasteiger partial charge on any atom is 0.306 e. The molecule has 3 rings (SSSR count). The highest BCUT2D eigenvalue weighted by Gasteiger charge is 2.30. The zero-order valence-corrected chi connectivity index (χ0v) is 34.1. The lowest BCUT2D eigenvalue weighted by molar-refractivity contribution is -0.165. The smallest absolute Gasteiger partial charge is 0.306 e. The Morgan fingerprint density at radius 1 is 0.891 bits per heavy atom. The molecule has 1 aliphatic carbocycles. The lowest BCUT2D eigenvalue weighted by Gasteiger charge is -2.40. The van der Waals surface area contributed by atoms with Crippen molar-refractivity contribution in [3.8, 4) is 0 Å². The van der Waals surface area contributed by atoms with E-state index in [1.165, 1.54) is 20.0 Å². The number of carbonyl (C=O) groups is 5. The normalized spacial score (nSPS) is 16.2. The average Bonchev–Trinajstić information content (AvgIpc) is 3.08. The van der Waals surface area contributed by atoms with E-state index in [1.54, 1.807) is 6.20 Å². The summed E-state index contributed by atoms with van der Waals surface area (Å²) >= 11 is 6.02. The highest BCUT2D eigenvalue weighted by Crippen LogP contribution is 2.38. The number of halogens is 1. The summed E-state index contributed by atoms with van der Waals surface area (Å²) in [7, 11) is 0. The van der Waals surface area contributed by atoms with Gasteiger partial charge in [0, 0.05) is 39.3 Å². The Kier molecular flexibility index (Phi) is 17.6. The number of benzene rings is 1. The van der Waals surface area contributed by atoms with Crippen molar-refractivity contribution in [1.82, 2.24) is 9.97 Å². The van der Waals surface area contributed by atoms with Crippen LogP contribution in [0.4, 0.5) is 17.2 Å². The van der Waals surface area contributed by atoms with Crippen molar-refractivity contribution in [3.05, 3.63) is 41.3 Å². The van der Waals surface area contributed by atoms with Gasteiger partial charge in [0.25, 0.3) is 0 Å². The van der Waals surface area contributed by atoms with Crippen LogP contribution in [0.3, 0.4) is 0 Å². The van der Waals surface area contributed by atoms with Crippen molar-refractivity contribution in [1.29, 1.82) is 0 Å². The Labute approximate surface area is 329 Å². The van der Waals surface area contributed by atoms with Gasteiger partial charge in [-0.25, -0.2) is 9.97 Å². The second-order valence-electron chi connectivity index (χ2n) is 15.4. The van der Waals surface area contributed by atoms with Gasteiger partial charge in [-0.15, -0.1) is 0 Å². The monoisotopic (exact) mass is 788 g/mol. The first-order chi connectivity index (χ1) is 25.9. The lowest BCUT2D eigenvalue weighted by Crippen LogP contribution is -2.42. The van der Waals surface area contributed by atoms with Crippen molar-refractivity contribution in [3.63, 3.8) is 0 Å². The second kappa shape index (κ2) is 21.6. The third kappa shape index (κ3) is 16.8. The van der Waals surface area contributed by atoms with Crippen LogP contribution >= 0.6 is 11.6 Å². The number of nitrogens with zero attached hydrogens (tertiary/aromatic N) is 3. The molecule has 1 aromatic carbocycles. The first-order valence-corrected chi connectivity index (χ1v) is 19.3. The minimum Gasteiger partial charge on any atom is -0.462 e. The molecule has 0 radical (unpaired) electrons. The molecule has 55 heavy (non-hydrogen) atoms. The van der Waals surface area contributed by atoms with Crippen molar-refractivity contribution < 1.29 is 47.7 Å². The van der Waals surface area contributed by atoms with Crippen LogP contribution in [-0.2, 0) is 47.7 Å². The minimum atomic E-state index is -0.943. The molecule has 0 spiro atoms. The second-order valence-corrected chi connectivity index (χ2v) is 15.7. The van der Waals surface area contributed by atoms with Gasteiger partial charge < -0.3 is 33.9 Å². The van der Waals surface area contributed by atoms with Crippen LogP contribution in [0, 0.1) is 5.92 Å². The van der Waals surface area contributed by atoms with Gasteiger partial charge in [-0.2, -0.15) is 0 Å². The van der Waals surface area contributed by atoms with Crippen LogP contribution < -0.4 is 10.2 Å². The van der Waals surface area contributed by atoms with E-state index in [0.29, 0.717) is 24.6 Å². The van der Waals surface area contributed by atoms with Gasteiger partial charge in [-0.1, -0.05) is 38.4 Å². The van der Waals surface area contributed by atoms with E-state index in [0.717, 1.165) is 36.3 Å². The summed E-state index contributed by atoms with van der Waals surface area (Å²) in [6.07, 6.45) is 5.23. The molecule has 1 heterocycles. The maximum absolute atomic E-state index is 12.8. The molecule has 0 aliphatic heterocycles. The summed E-state index contributed by atoms with van der Waals surface area (Å²) in [5.74, 6) is -1.61. The molecule has 0 unspecified atom stereocenters. The van der Waals surface area contributed by atoms with Gasteiger partial charge in [-0.3, -0.25) is 24.0 Å². The van der Waals surface area contributed by atoms with E-state index in [1.807, 2.05) is 27.7 Å². The molecular formula is C40H57ClN4O10. The number of esters is 5. The van der Waals surface area contributed by atoms with Gasteiger partial charge in [-0.05, 0) is 82.4 Å². The number of hydrogen-bond donors (Lipinski definition) is 1. The van der Waals surface area contributed by atoms with Crippen molar-refractivity contribution >= 4 is 58.6 Å². The number of nitrogens with one attached hydrogen (secondary N) is 1. The molecule has 1 fully saturated rings. The number of carbonyl (C=O) groups excluding carboxylic acids is 5. The molecule has 15 heteroatoms. The highest BCUT2D eigenvalue weighted by molar-refractivity contribution is 6.29. The van der Waals surface area contributed by atoms with Crippen molar-refractivity contribution in [2.75, 3.05) is 30.0 Å². The van der Waals surface area contributed by atoms with E-state index < -0.39 is 35.6 Å². The Morgan fingerprint density at radius 2 is 1.53 bits per heavy atom. The molecule has 0 amide bonds. The number of hydrogen-bond acceptors (Lipinski definition) is 14. The van der Waals surface area contributed by atoms with Crippen LogP contribution in [0.5, 0.6) is 0 Å². The summed E-state index contributed by atoms with van der Waals surface area (Å²) in [4.78, 5) is 71.2. The fourth-order valence-electron chi connectivity index (χ4n) is 6.19. The van der Waals surface area contributed by atoms with E-state index in [4.69, 9.17) is 35.3 Å². The van der Waals surface area contributed by atoms with E-state index in [-0.39, 0.29) is 68.1 Å². The maximum atomic E-state index is 12.8. The van der Waals surface area contributed by atoms with Gasteiger partial charge in [0.1, 0.15) is 35.9 Å². The molecule has 304 valence electrons. The third-order valence-corrected chi connectivity index (χ3v) is 8.82. The fraction of sp³-hybridized carbons (Fsp3) is 0.625. The van der Waals surface area contributed by atoms with Gasteiger partial charge in [0.05, 0.1) is 30.2 Å². The summed E-state index contributed by atoms with van der Waals surface area (Å²) < 4.78 is 26.5. The van der Waals surface area contributed by atoms with Crippen molar-refractivity contribution in [2.24, 2.45) is 5.92 Å². The van der Waals surface area contributed by atoms with Crippen LogP contribution in [0.25, 0.3) is 0 Å². The summed E-state index contributed by atoms with van der Waals surface area (Å²) in [5, 5.41) is 3.72. The summed E-state index contributed by atoms with van der Waals surface area (Å²) in [6.45, 7) is 14.6. The van der Waals surface area contributed by atoms with Crippen LogP contribution in [0.2, 0.25) is 5.15 Å². The van der Waals surface area contributed by atoms with Gasteiger partial charge >= 0.3 is 29.8 Å². The zero-order valence-electron chi connectivity index (χ0n) is 33.4. The predicted molar refractivity (Wildman–Crippen MR) is 207 cm³/mol. The van der Waals surface area contributed by atoms with Crippen LogP contribution in [-0.4, -0.2) is 83.4 Å². The Bertz CT molecular complexity index is 1570. The fourth-order valence-corrected chi connectivity index (χ4v) is 6.29. The molecule has 1 saturated carbocycles. The van der Waals surface area contributed by atoms with Crippen LogP contribution in [0.1, 0.15) is 118 Å². The predicted octanol–water partition coefficient (Wildman–Crippen LogP) is 7.23. The molecule has 1 aromatic heterocycles. The highest BCUT2D eigenvalue weighted by atomic mass is 35.5. The molecule has 2 aromatic rings. The zero-order chi connectivity index (χ0) is 40.7. The summed E-state index contributed by atoms with van der Waals surface area (Å²) in [6, 6.07) is 6.36. The first kappa shape index (κ1) is 44.9. The van der Waals surface area contributed by atoms with E-state index in [2.05, 4.69) is 52.2 Å². The van der Waals surface area contributed by atoms with Crippen LogP contribution in [0.15, 0.2) is 30.6 Å². The average molecular weight is 789 g/mol. The molecule has 14 nitrogen and oxygen atoms in total. The Morgan fingerprint density at radius 3 is 2.09 bits per heavy atom. The summed E-state index contributed by atoms with van der Waals surface area (Å²) in [5.41, 5.74) is 2.20. The topological polar surface area (TPSA) is 173 Å². The first-order valence-electron chi connectivity index (χ1n) is 18.9. The number of ether oxygens (including phenoxy) is 5. The quantitative estimate of drug-likeness (QED) is 0.112. The standard InChI is InChI=1S/C40H57ClN4O10/c1-25(2)22-45(34-17-12-29(26(3)18-39(50)55-40(6,7)8)19-33(34)44-36-21-42-35(41)20-43-36)30-13-15-31(16-14-30)53-37(48)10-9-11-38(49)54-32(23-51-27(4)46)24-52-28(5)47/h12,17,19-21,25-26,30-32H,9-11,13-16,18,22-24H2,1-8H3,(H,43,44)/t26-,30?,31?/m1/s1. The SMILES string of the molecule is CC(=O)OCC(COC(C)=O)OC(=O)CCCC(=O)OC1CCC(N(CC(C)C)c2ccc([C@H](C)CC(=O)OC(C)(C)C)cc2Nc2cnc(Cl)cn2)CC1. The number of anilines is 3. The van der Waals surface area contributed by atoms with Gasteiger partial charge in [0.15, 0.2) is 6.10 Å². The minimum absolute atomic E-state index is 0.0361. The number of rotatable bonds is 19. The molecule has 0 saturated heterocycles. The van der Waals surface area contributed by atoms with E-state index in [9.17, 15) is 24.0 Å². The molecule has 1 aliphatic rings. The van der Waals surface area contributed by atoms with Crippen molar-refractivity contribution in [2.45, 2.75) is 137 Å². The van der Waals surface area contributed by atoms with Gasteiger partial charge in [0.2, 0.25) is 0 Å². The third-order valence-electron chi connectivity index (χ3n) is 8.62. The van der Waals surface area contributed by atoms with E-state index >= 15 is 0 Å². The lowest BCUT2D eigenvalue weighted by atomic mass is 9.90. The molecule has 0 bridgehead atoms. The Balaban J connectivity index is 1.65. The Hall–Kier alpha value is -4.46. The molecule has 1 atom stereocenters. The number of aromatic nitrogens is 2.